The van der Waals surface area contributed by atoms with Crippen molar-refractivity contribution < 1.29 is 9.52 Å². The number of rotatable bonds is 4. The molecule has 0 spiro atoms. The Hall–Kier alpha value is -2.53. The molecule has 0 aliphatic rings. The first kappa shape index (κ1) is 14.4. The van der Waals surface area contributed by atoms with Crippen LogP contribution < -0.4 is 10.7 Å². The third kappa shape index (κ3) is 2.63. The van der Waals surface area contributed by atoms with Crippen LogP contribution in [0.3, 0.4) is 0 Å². The van der Waals surface area contributed by atoms with Crippen molar-refractivity contribution in [1.82, 2.24) is 4.90 Å². The highest BCUT2D eigenvalue weighted by molar-refractivity contribution is 5.97. The van der Waals surface area contributed by atoms with Crippen LogP contribution in [-0.2, 0) is 0 Å². The van der Waals surface area contributed by atoms with E-state index in [4.69, 9.17) is 4.42 Å². The van der Waals surface area contributed by atoms with Gasteiger partial charge in [-0.25, -0.2) is 0 Å². The van der Waals surface area contributed by atoms with Gasteiger partial charge in [0.1, 0.15) is 16.9 Å². The Labute approximate surface area is 127 Å². The fraction of sp³-hybridized carbons (Fsp3) is 0.235. The Morgan fingerprint density at radius 1 is 1.18 bits per heavy atom. The summed E-state index contributed by atoms with van der Waals surface area (Å²) >= 11 is 0. The lowest BCUT2D eigenvalue weighted by Gasteiger charge is -2.13. The average molecular weight is 298 g/mol. The Balaban J connectivity index is 2.16. The molecule has 0 radical (unpaired) electrons. The van der Waals surface area contributed by atoms with Crippen LogP contribution in [0.25, 0.3) is 21.9 Å². The van der Waals surface area contributed by atoms with Crippen molar-refractivity contribution in [2.45, 2.75) is 0 Å². The zero-order chi connectivity index (χ0) is 15.7. The number of hydrogen-bond donors (Lipinski definition) is 2. The van der Waals surface area contributed by atoms with E-state index >= 15 is 0 Å². The smallest absolute Gasteiger partial charge is 0.202 e. The van der Waals surface area contributed by atoms with Gasteiger partial charge in [-0.1, -0.05) is 6.07 Å². The summed E-state index contributed by atoms with van der Waals surface area (Å²) in [4.78, 5) is 14.8. The van der Waals surface area contributed by atoms with Crippen molar-refractivity contribution in [2.24, 2.45) is 0 Å². The average Bonchev–Trinajstić information content (AvgIpc) is 2.48. The fourth-order valence-corrected chi connectivity index (χ4v) is 2.45. The molecule has 0 bridgehead atoms. The standard InChI is InChI=1S/C17H18N2O3/c1-19(2)9-8-18-13-4-3-5-15-16(13)17(21)12-10-11(20)6-7-14(12)22-15/h3-7,10,18,20H,8-9H2,1-2H3. The molecule has 0 saturated carbocycles. The van der Waals surface area contributed by atoms with E-state index in [1.165, 1.54) is 12.1 Å². The summed E-state index contributed by atoms with van der Waals surface area (Å²) in [5.41, 5.74) is 1.62. The van der Waals surface area contributed by atoms with Gasteiger partial charge < -0.3 is 19.7 Å². The molecule has 0 fully saturated rings. The minimum absolute atomic E-state index is 0.0530. The van der Waals surface area contributed by atoms with Crippen LogP contribution in [0, 0.1) is 0 Å². The first-order chi connectivity index (χ1) is 10.6. The summed E-state index contributed by atoms with van der Waals surface area (Å²) in [5, 5.41) is 13.8. The number of phenolic OH excluding ortho intramolecular Hbond substituents is 1. The summed E-state index contributed by atoms with van der Waals surface area (Å²) in [6.07, 6.45) is 0. The molecule has 5 nitrogen and oxygen atoms in total. The highest BCUT2D eigenvalue weighted by Crippen LogP contribution is 2.26. The summed E-state index contributed by atoms with van der Waals surface area (Å²) in [6, 6.07) is 10.1. The second-order valence-electron chi connectivity index (χ2n) is 5.52. The lowest BCUT2D eigenvalue weighted by molar-refractivity contribution is 0.425. The van der Waals surface area contributed by atoms with E-state index in [1.807, 2.05) is 26.2 Å². The predicted octanol–water partition coefficient (Wildman–Crippen LogP) is 2.63. The topological polar surface area (TPSA) is 65.7 Å². The largest absolute Gasteiger partial charge is 0.508 e. The third-order valence-electron chi connectivity index (χ3n) is 3.56. The number of benzene rings is 2. The minimum Gasteiger partial charge on any atom is -0.508 e. The number of hydrogen-bond acceptors (Lipinski definition) is 5. The minimum atomic E-state index is -0.139. The first-order valence-electron chi connectivity index (χ1n) is 7.13. The van der Waals surface area contributed by atoms with E-state index in [0.29, 0.717) is 21.9 Å². The van der Waals surface area contributed by atoms with Crippen LogP contribution in [0.15, 0.2) is 45.6 Å². The Morgan fingerprint density at radius 3 is 2.77 bits per heavy atom. The number of anilines is 1. The van der Waals surface area contributed by atoms with E-state index in [1.54, 1.807) is 12.1 Å². The van der Waals surface area contributed by atoms with Crippen molar-refractivity contribution >= 4 is 27.6 Å². The molecule has 2 aromatic carbocycles. The van der Waals surface area contributed by atoms with Gasteiger partial charge in [-0.3, -0.25) is 4.79 Å². The Morgan fingerprint density at radius 2 is 2.00 bits per heavy atom. The number of nitrogens with one attached hydrogen (secondary N) is 1. The summed E-state index contributed by atoms with van der Waals surface area (Å²) in [6.45, 7) is 1.58. The van der Waals surface area contributed by atoms with E-state index < -0.39 is 0 Å². The molecule has 0 amide bonds. The number of phenols is 1. The number of nitrogens with zero attached hydrogens (tertiary/aromatic N) is 1. The maximum Gasteiger partial charge on any atom is 0.202 e. The van der Waals surface area contributed by atoms with E-state index in [2.05, 4.69) is 10.2 Å². The summed E-state index contributed by atoms with van der Waals surface area (Å²) in [7, 11) is 3.99. The van der Waals surface area contributed by atoms with Gasteiger partial charge in [0, 0.05) is 18.8 Å². The van der Waals surface area contributed by atoms with Crippen molar-refractivity contribution in [2.75, 3.05) is 32.5 Å². The molecule has 1 heterocycles. The van der Waals surface area contributed by atoms with Gasteiger partial charge in [0.25, 0.3) is 0 Å². The highest BCUT2D eigenvalue weighted by Gasteiger charge is 2.11. The van der Waals surface area contributed by atoms with Crippen LogP contribution in [0.4, 0.5) is 5.69 Å². The van der Waals surface area contributed by atoms with Gasteiger partial charge in [0.2, 0.25) is 5.43 Å². The molecule has 3 aromatic rings. The summed E-state index contributed by atoms with van der Waals surface area (Å²) in [5.74, 6) is 0.0530. The molecule has 2 N–H and O–H groups in total. The predicted molar refractivity (Wildman–Crippen MR) is 88.7 cm³/mol. The molecule has 0 aliphatic heterocycles. The molecular formula is C17H18N2O3. The molecule has 0 saturated heterocycles. The molecule has 1 aromatic heterocycles. The van der Waals surface area contributed by atoms with Crippen LogP contribution in [0.1, 0.15) is 0 Å². The number of aromatic hydroxyl groups is 1. The Kier molecular flexibility index (Phi) is 3.73. The monoisotopic (exact) mass is 298 g/mol. The van der Waals surface area contributed by atoms with E-state index in [0.717, 1.165) is 18.8 Å². The number of likely N-dealkylation sites (N-methyl/N-ethyl adjacent to an activating group) is 1. The van der Waals surface area contributed by atoms with Crippen LogP contribution >= 0.6 is 0 Å². The normalized spacial score (nSPS) is 11.4. The summed E-state index contributed by atoms with van der Waals surface area (Å²) < 4.78 is 5.79. The zero-order valence-electron chi connectivity index (χ0n) is 12.6. The SMILES string of the molecule is CN(C)CCNc1cccc2oc3ccc(O)cc3c(=O)c12. The molecule has 0 unspecified atom stereocenters. The van der Waals surface area contributed by atoms with Gasteiger partial charge >= 0.3 is 0 Å². The number of fused-ring (bicyclic) bond motifs is 2. The van der Waals surface area contributed by atoms with E-state index in [9.17, 15) is 9.90 Å². The van der Waals surface area contributed by atoms with Crippen molar-refractivity contribution in [3.63, 3.8) is 0 Å². The second-order valence-corrected chi connectivity index (χ2v) is 5.52. The van der Waals surface area contributed by atoms with Crippen LogP contribution in [0.2, 0.25) is 0 Å². The first-order valence-corrected chi connectivity index (χ1v) is 7.13. The molecule has 3 rings (SSSR count). The van der Waals surface area contributed by atoms with Crippen LogP contribution in [0.5, 0.6) is 5.75 Å². The van der Waals surface area contributed by atoms with Gasteiger partial charge in [-0.05, 0) is 44.4 Å². The fourth-order valence-electron chi connectivity index (χ4n) is 2.45. The Bertz CT molecular complexity index is 884. The van der Waals surface area contributed by atoms with Crippen molar-refractivity contribution in [3.8, 4) is 5.75 Å². The maximum absolute atomic E-state index is 12.7. The zero-order valence-corrected chi connectivity index (χ0v) is 12.6. The van der Waals surface area contributed by atoms with Gasteiger partial charge in [-0.2, -0.15) is 0 Å². The second kappa shape index (κ2) is 5.69. The third-order valence-corrected chi connectivity index (χ3v) is 3.56. The van der Waals surface area contributed by atoms with Gasteiger partial charge in [-0.15, -0.1) is 0 Å². The highest BCUT2D eigenvalue weighted by atomic mass is 16.3. The molecule has 22 heavy (non-hydrogen) atoms. The van der Waals surface area contributed by atoms with E-state index in [-0.39, 0.29) is 11.2 Å². The lowest BCUT2D eigenvalue weighted by Crippen LogP contribution is -2.21. The lowest BCUT2D eigenvalue weighted by atomic mass is 10.1. The molecular weight excluding hydrogens is 280 g/mol. The molecule has 5 heteroatoms. The quantitative estimate of drug-likeness (QED) is 0.725. The van der Waals surface area contributed by atoms with Crippen LogP contribution in [-0.4, -0.2) is 37.2 Å². The van der Waals surface area contributed by atoms with Gasteiger partial charge in [0.05, 0.1) is 10.8 Å². The van der Waals surface area contributed by atoms with Crippen molar-refractivity contribution in [3.05, 3.63) is 46.6 Å². The maximum atomic E-state index is 12.7. The molecule has 0 atom stereocenters. The molecule has 0 aliphatic carbocycles. The van der Waals surface area contributed by atoms with Gasteiger partial charge in [0.15, 0.2) is 0 Å². The molecule has 114 valence electrons. The van der Waals surface area contributed by atoms with Crippen molar-refractivity contribution in [1.29, 1.82) is 0 Å².